The van der Waals surface area contributed by atoms with Gasteiger partial charge in [-0.3, -0.25) is 0 Å². The highest BCUT2D eigenvalue weighted by Gasteiger charge is 2.45. The predicted molar refractivity (Wildman–Crippen MR) is 250 cm³/mol. The number of rotatable bonds is 1. The number of hydrogen-bond donors (Lipinski definition) is 0. The van der Waals surface area contributed by atoms with Gasteiger partial charge in [0.05, 0.1) is 15.7 Å². The van der Waals surface area contributed by atoms with Crippen LogP contribution in [0.25, 0.3) is 58.8 Å². The van der Waals surface area contributed by atoms with Crippen LogP contribution in [0.15, 0.2) is 141 Å². The average Bonchev–Trinajstić information content (AvgIpc) is 3.73. The highest BCUT2D eigenvalue weighted by atomic mass is 32.2. The summed E-state index contributed by atoms with van der Waals surface area (Å²) < 4.78 is 5.30. The van der Waals surface area contributed by atoms with E-state index in [-0.39, 0.29) is 17.7 Å². The van der Waals surface area contributed by atoms with Crippen LogP contribution >= 0.6 is 34.9 Å². The Labute approximate surface area is 347 Å². The van der Waals surface area contributed by atoms with E-state index in [1.54, 1.807) is 0 Å². The van der Waals surface area contributed by atoms with E-state index in [4.69, 9.17) is 0 Å². The molecule has 0 saturated carbocycles. The molecule has 0 bridgehead atoms. The third-order valence-electron chi connectivity index (χ3n) is 12.5. The number of hydrogen-bond acceptors (Lipinski definition) is 4. The van der Waals surface area contributed by atoms with Crippen LogP contribution in [0.4, 0.5) is 11.4 Å². The maximum atomic E-state index is 2.75. The van der Waals surface area contributed by atoms with Crippen molar-refractivity contribution in [1.29, 1.82) is 0 Å². The maximum absolute atomic E-state index is 2.75. The largest absolute Gasteiger partial charge is 0.375 e. The molecule has 9 aromatic rings. The van der Waals surface area contributed by atoms with E-state index < -0.39 is 0 Å². The van der Waals surface area contributed by atoms with Crippen LogP contribution in [0.3, 0.4) is 0 Å². The van der Waals surface area contributed by atoms with E-state index in [2.05, 4.69) is 179 Å². The van der Waals surface area contributed by atoms with Gasteiger partial charge in [-0.15, -0.1) is 11.3 Å². The van der Waals surface area contributed by atoms with Crippen molar-refractivity contribution in [3.8, 4) is 16.8 Å². The molecule has 0 aliphatic carbocycles. The molecule has 0 N–H and O–H groups in total. The van der Waals surface area contributed by atoms with Crippen LogP contribution in [0.1, 0.15) is 58.2 Å². The smallest absolute Gasteiger partial charge is 0.333 e. The second-order valence-electron chi connectivity index (χ2n) is 18.3. The number of aryl methyl sites for hydroxylation is 1. The molecular weight excluding hydrogens is 748 g/mol. The lowest BCUT2D eigenvalue weighted by Gasteiger charge is -2.43. The predicted octanol–water partition coefficient (Wildman–Crippen LogP) is 13.9. The lowest BCUT2D eigenvalue weighted by atomic mass is 9.43. The lowest BCUT2D eigenvalue weighted by Crippen LogP contribution is -2.61. The van der Waals surface area contributed by atoms with Crippen molar-refractivity contribution in [2.75, 3.05) is 4.81 Å². The molecule has 5 heterocycles. The fourth-order valence-electron chi connectivity index (χ4n) is 9.74. The molecule has 0 fully saturated rings. The first kappa shape index (κ1) is 34.2. The molecule has 3 aliphatic heterocycles. The van der Waals surface area contributed by atoms with Crippen LogP contribution in [-0.2, 0) is 10.8 Å². The van der Waals surface area contributed by atoms with Crippen molar-refractivity contribution in [3.63, 3.8) is 0 Å². The topological polar surface area (TPSA) is 8.17 Å². The number of anilines is 2. The van der Waals surface area contributed by atoms with Gasteiger partial charge in [-0.1, -0.05) is 126 Å². The second kappa shape index (κ2) is 11.6. The van der Waals surface area contributed by atoms with E-state index in [1.165, 1.54) is 117 Å². The van der Waals surface area contributed by atoms with E-state index in [0.29, 0.717) is 0 Å². The second-order valence-corrected chi connectivity index (χ2v) is 21.5. The first-order chi connectivity index (χ1) is 27.4. The van der Waals surface area contributed by atoms with Gasteiger partial charge in [0.1, 0.15) is 0 Å². The van der Waals surface area contributed by atoms with Gasteiger partial charge >= 0.3 is 6.85 Å². The van der Waals surface area contributed by atoms with Gasteiger partial charge in [-0.2, -0.15) is 0 Å². The zero-order valence-electron chi connectivity index (χ0n) is 33.2. The fraction of sp³-hybridized carbons (Fsp3) is 0.176. The molecule has 0 atom stereocenters. The molecule has 57 heavy (non-hydrogen) atoms. The number of nitrogens with zero attached hydrogens (tertiary/aromatic N) is 2. The summed E-state index contributed by atoms with van der Waals surface area (Å²) in [6, 6.07) is 47.2. The SMILES string of the molecule is Cc1cc2c3c(c1)-n1c4ccc(C(C)(C)C)cc4c4cc(C(C)(C)C)cc(c41)B3N(c1cccc3c1sc1ccccc13)c1cc3c(cc1-2)Sc1ccccc1S3. The van der Waals surface area contributed by atoms with Gasteiger partial charge in [0.15, 0.2) is 0 Å². The minimum atomic E-state index is -0.0413. The molecule has 12 rings (SSSR count). The molecule has 3 aliphatic rings. The van der Waals surface area contributed by atoms with Crippen LogP contribution < -0.4 is 15.7 Å². The third-order valence-corrected chi connectivity index (χ3v) is 16.3. The Kier molecular flexibility index (Phi) is 6.97. The summed E-state index contributed by atoms with van der Waals surface area (Å²) in [6.45, 7) is 16.4. The van der Waals surface area contributed by atoms with Gasteiger partial charge in [-0.25, -0.2) is 0 Å². The molecule has 0 spiro atoms. The zero-order valence-corrected chi connectivity index (χ0v) is 35.7. The summed E-state index contributed by atoms with van der Waals surface area (Å²) in [4.78, 5) is 8.08. The molecule has 2 aromatic heterocycles. The van der Waals surface area contributed by atoms with Crippen molar-refractivity contribution >= 4 is 106 Å². The summed E-state index contributed by atoms with van der Waals surface area (Å²) in [5, 5.41) is 5.36. The van der Waals surface area contributed by atoms with Crippen LogP contribution in [0, 0.1) is 6.92 Å². The standard InChI is InChI=1S/C51H41BN2S3/c1-28-21-35-34-26-45-46(56-44-18-11-10-17-43(44)55-45)27-40(34)54(39-15-12-14-32-31-13-8-9-16-42(31)57-49(32)39)52-37-25-30(51(5,6)7)24-36-33-23-29(50(2,3)4)19-20-38(33)53(48(36)37)41(22-28)47(35)52/h8-27H,1-7H3. The Bertz CT molecular complexity index is 3250. The Morgan fingerprint density at radius 2 is 1.23 bits per heavy atom. The van der Waals surface area contributed by atoms with E-state index in [9.17, 15) is 0 Å². The van der Waals surface area contributed by atoms with Crippen molar-refractivity contribution in [2.24, 2.45) is 0 Å². The van der Waals surface area contributed by atoms with Crippen molar-refractivity contribution in [1.82, 2.24) is 4.57 Å². The van der Waals surface area contributed by atoms with Crippen LogP contribution in [-0.4, -0.2) is 11.4 Å². The number of aromatic nitrogens is 1. The molecular formula is C51H41BN2S3. The average molecular weight is 789 g/mol. The molecule has 2 nitrogen and oxygen atoms in total. The van der Waals surface area contributed by atoms with Crippen molar-refractivity contribution < 1.29 is 0 Å². The molecule has 7 aromatic carbocycles. The minimum absolute atomic E-state index is 0.0332. The minimum Gasteiger partial charge on any atom is -0.375 e. The van der Waals surface area contributed by atoms with Gasteiger partial charge in [-0.05, 0) is 112 Å². The number of thiophene rings is 1. The molecule has 0 amide bonds. The van der Waals surface area contributed by atoms with Crippen molar-refractivity contribution in [2.45, 2.75) is 78.9 Å². The monoisotopic (exact) mass is 788 g/mol. The molecule has 6 heteroatoms. The summed E-state index contributed by atoms with van der Waals surface area (Å²) in [5.74, 6) is 0. The normalized spacial score (nSPS) is 14.4. The first-order valence-corrected chi connectivity index (χ1v) is 22.5. The summed E-state index contributed by atoms with van der Waals surface area (Å²) in [7, 11) is 0. The Morgan fingerprint density at radius 3 is 2.00 bits per heavy atom. The van der Waals surface area contributed by atoms with E-state index in [1.807, 2.05) is 34.9 Å². The van der Waals surface area contributed by atoms with E-state index >= 15 is 0 Å². The summed E-state index contributed by atoms with van der Waals surface area (Å²) >= 11 is 5.76. The fourth-order valence-corrected chi connectivity index (χ4v) is 13.2. The van der Waals surface area contributed by atoms with Gasteiger partial charge < -0.3 is 9.38 Å². The molecule has 0 saturated heterocycles. The molecule has 0 unspecified atom stereocenters. The molecule has 0 radical (unpaired) electrons. The Morgan fingerprint density at radius 1 is 0.526 bits per heavy atom. The number of fused-ring (bicyclic) bond motifs is 12. The van der Waals surface area contributed by atoms with Crippen molar-refractivity contribution in [3.05, 3.63) is 138 Å². The van der Waals surface area contributed by atoms with Gasteiger partial charge in [0.25, 0.3) is 0 Å². The van der Waals surface area contributed by atoms with Crippen LogP contribution in [0.2, 0.25) is 0 Å². The highest BCUT2D eigenvalue weighted by Crippen LogP contribution is 2.55. The third kappa shape index (κ3) is 4.81. The van der Waals surface area contributed by atoms with E-state index in [0.717, 1.165) is 0 Å². The zero-order chi connectivity index (χ0) is 38.7. The summed E-state index contributed by atoms with van der Waals surface area (Å²) in [5.41, 5.74) is 16.0. The molecule has 276 valence electrons. The lowest BCUT2D eigenvalue weighted by molar-refractivity contribution is 0.590. The Balaban J connectivity index is 1.25. The number of benzene rings is 7. The first-order valence-electron chi connectivity index (χ1n) is 20.0. The van der Waals surface area contributed by atoms with Crippen LogP contribution in [0.5, 0.6) is 0 Å². The van der Waals surface area contributed by atoms with Gasteiger partial charge in [0, 0.05) is 68.5 Å². The Hall–Kier alpha value is -4.88. The maximum Gasteiger partial charge on any atom is 0.333 e. The highest BCUT2D eigenvalue weighted by molar-refractivity contribution is 8.05. The summed E-state index contributed by atoms with van der Waals surface area (Å²) in [6.07, 6.45) is 0. The van der Waals surface area contributed by atoms with Gasteiger partial charge in [0.2, 0.25) is 0 Å². The quantitative estimate of drug-likeness (QED) is 0.153.